The van der Waals surface area contributed by atoms with Crippen molar-refractivity contribution in [1.82, 2.24) is 0 Å². The van der Waals surface area contributed by atoms with Crippen molar-refractivity contribution in [1.29, 1.82) is 0 Å². The first-order valence-electron chi connectivity index (χ1n) is 13.9. The second-order valence-electron chi connectivity index (χ2n) is 10.8. The number of halogens is 4. The summed E-state index contributed by atoms with van der Waals surface area (Å²) in [6, 6.07) is 17.1. The van der Waals surface area contributed by atoms with E-state index in [0.717, 1.165) is 36.7 Å². The summed E-state index contributed by atoms with van der Waals surface area (Å²) >= 11 is 5.54. The minimum Gasteiger partial charge on any atom is -0.207 e. The van der Waals surface area contributed by atoms with Crippen LogP contribution in [0.5, 0.6) is 0 Å². The molecular weight excluding hydrogens is 489 g/mol. The Morgan fingerprint density at radius 2 is 1.08 bits per heavy atom. The highest BCUT2D eigenvalue weighted by atomic mass is 35.5. The molecule has 1 saturated carbocycles. The molecule has 3 aromatic carbocycles. The summed E-state index contributed by atoms with van der Waals surface area (Å²) in [7, 11) is 0. The lowest BCUT2D eigenvalue weighted by Gasteiger charge is -2.28. The maximum atomic E-state index is 14.7. The van der Waals surface area contributed by atoms with Gasteiger partial charge in [0.25, 0.3) is 0 Å². The van der Waals surface area contributed by atoms with Gasteiger partial charge in [0.2, 0.25) is 0 Å². The zero-order chi connectivity index (χ0) is 26.2. The van der Waals surface area contributed by atoms with E-state index in [4.69, 9.17) is 11.6 Å². The number of benzene rings is 3. The van der Waals surface area contributed by atoms with Gasteiger partial charge in [-0.2, -0.15) is 0 Å². The fraction of sp³-hybridized carbons (Fsp3) is 0.455. The monoisotopic (exact) mass is 526 g/mol. The second kappa shape index (κ2) is 13.5. The van der Waals surface area contributed by atoms with Crippen molar-refractivity contribution >= 4 is 11.6 Å². The molecule has 37 heavy (non-hydrogen) atoms. The molecule has 1 aliphatic carbocycles. The Balaban J connectivity index is 1.18. The largest absolute Gasteiger partial charge is 0.207 e. The molecule has 0 atom stereocenters. The van der Waals surface area contributed by atoms with Crippen LogP contribution in [-0.2, 0) is 32.1 Å². The molecule has 4 rings (SSSR count). The van der Waals surface area contributed by atoms with Gasteiger partial charge in [-0.15, -0.1) is 0 Å². The van der Waals surface area contributed by atoms with E-state index >= 15 is 0 Å². The summed E-state index contributed by atoms with van der Waals surface area (Å²) in [4.78, 5) is 0. The predicted molar refractivity (Wildman–Crippen MR) is 148 cm³/mol. The molecule has 0 bridgehead atoms. The Bertz CT molecular complexity index is 1120. The van der Waals surface area contributed by atoms with Gasteiger partial charge in [0.15, 0.2) is 0 Å². The van der Waals surface area contributed by atoms with E-state index in [1.54, 1.807) is 6.07 Å². The van der Waals surface area contributed by atoms with Gasteiger partial charge in [0, 0.05) is 0 Å². The summed E-state index contributed by atoms with van der Waals surface area (Å²) in [5.74, 6) is -0.246. The van der Waals surface area contributed by atoms with Gasteiger partial charge in [0.1, 0.15) is 22.5 Å². The van der Waals surface area contributed by atoms with Crippen molar-refractivity contribution in [3.63, 3.8) is 0 Å². The highest BCUT2D eigenvalue weighted by Crippen LogP contribution is 2.34. The quantitative estimate of drug-likeness (QED) is 0.218. The molecule has 3 aromatic rings. The molecule has 0 amide bonds. The molecule has 1 aliphatic rings. The summed E-state index contributed by atoms with van der Waals surface area (Å²) in [6.45, 7) is 2.22. The summed E-state index contributed by atoms with van der Waals surface area (Å²) in [5.41, 5.74) is 4.97. The Morgan fingerprint density at radius 3 is 1.62 bits per heavy atom. The van der Waals surface area contributed by atoms with Crippen LogP contribution >= 0.6 is 11.6 Å². The third-order valence-corrected chi connectivity index (χ3v) is 8.42. The lowest BCUT2D eigenvalue weighted by atomic mass is 9.77. The molecular formula is C33H38ClF3. The molecule has 0 aromatic heterocycles. The third-order valence-electron chi connectivity index (χ3n) is 8.05. The first kappa shape index (κ1) is 27.8. The SMILES string of the molecule is CCCc1ccc(CCC2CCC(CCc3ccc(CCc4cc(F)c(Cl)c(F)c4)c(F)c3)CC2)cc1. The fourth-order valence-electron chi connectivity index (χ4n) is 5.69. The average Bonchev–Trinajstić information content (AvgIpc) is 2.90. The molecule has 0 nitrogen and oxygen atoms in total. The van der Waals surface area contributed by atoms with Gasteiger partial charge in [-0.3, -0.25) is 0 Å². The second-order valence-corrected chi connectivity index (χ2v) is 11.2. The molecule has 0 N–H and O–H groups in total. The maximum Gasteiger partial charge on any atom is 0.145 e. The Morgan fingerprint density at radius 1 is 0.595 bits per heavy atom. The molecule has 1 fully saturated rings. The number of hydrogen-bond acceptors (Lipinski definition) is 0. The zero-order valence-electron chi connectivity index (χ0n) is 21.8. The van der Waals surface area contributed by atoms with Crippen LogP contribution in [0.25, 0.3) is 0 Å². The van der Waals surface area contributed by atoms with Gasteiger partial charge in [0.05, 0.1) is 0 Å². The van der Waals surface area contributed by atoms with Crippen LogP contribution in [-0.4, -0.2) is 0 Å². The van der Waals surface area contributed by atoms with E-state index in [0.29, 0.717) is 24.0 Å². The fourth-order valence-corrected chi connectivity index (χ4v) is 5.80. The van der Waals surface area contributed by atoms with E-state index in [2.05, 4.69) is 31.2 Å². The normalized spacial score (nSPS) is 17.8. The molecule has 0 spiro atoms. The van der Waals surface area contributed by atoms with Gasteiger partial charge in [-0.1, -0.05) is 87.0 Å². The maximum absolute atomic E-state index is 14.7. The summed E-state index contributed by atoms with van der Waals surface area (Å²) < 4.78 is 42.0. The average molecular weight is 527 g/mol. The number of aryl methyl sites for hydroxylation is 5. The van der Waals surface area contributed by atoms with Crippen LogP contribution in [0.1, 0.15) is 79.7 Å². The van der Waals surface area contributed by atoms with Gasteiger partial charge >= 0.3 is 0 Å². The molecule has 4 heteroatoms. The van der Waals surface area contributed by atoms with Crippen LogP contribution < -0.4 is 0 Å². The van der Waals surface area contributed by atoms with Crippen molar-refractivity contribution < 1.29 is 13.2 Å². The number of rotatable bonds is 11. The van der Waals surface area contributed by atoms with E-state index in [-0.39, 0.29) is 5.82 Å². The van der Waals surface area contributed by atoms with E-state index in [1.807, 2.05) is 12.1 Å². The topological polar surface area (TPSA) is 0 Å². The lowest BCUT2D eigenvalue weighted by Crippen LogP contribution is -2.16. The Labute approximate surface area is 225 Å². The van der Waals surface area contributed by atoms with Gasteiger partial charge in [-0.25, -0.2) is 13.2 Å². The first-order valence-corrected chi connectivity index (χ1v) is 14.3. The van der Waals surface area contributed by atoms with Crippen molar-refractivity contribution in [2.75, 3.05) is 0 Å². The third kappa shape index (κ3) is 8.11. The van der Waals surface area contributed by atoms with Crippen LogP contribution in [0.4, 0.5) is 13.2 Å². The van der Waals surface area contributed by atoms with Gasteiger partial charge in [-0.05, 0) is 103 Å². The van der Waals surface area contributed by atoms with E-state index in [1.165, 1.54) is 68.2 Å². The first-order chi connectivity index (χ1) is 17.9. The smallest absolute Gasteiger partial charge is 0.145 e. The number of hydrogen-bond donors (Lipinski definition) is 0. The summed E-state index contributed by atoms with van der Waals surface area (Å²) in [5, 5.41) is -0.499. The molecule has 198 valence electrons. The minimum atomic E-state index is -0.779. The summed E-state index contributed by atoms with van der Waals surface area (Å²) in [6.07, 6.45) is 12.7. The van der Waals surface area contributed by atoms with Crippen LogP contribution in [0.15, 0.2) is 54.6 Å². The molecule has 0 radical (unpaired) electrons. The van der Waals surface area contributed by atoms with E-state index < -0.39 is 16.7 Å². The van der Waals surface area contributed by atoms with Crippen LogP contribution in [0, 0.1) is 29.3 Å². The molecule has 0 unspecified atom stereocenters. The van der Waals surface area contributed by atoms with E-state index in [9.17, 15) is 13.2 Å². The van der Waals surface area contributed by atoms with Crippen molar-refractivity contribution in [2.24, 2.45) is 11.8 Å². The van der Waals surface area contributed by atoms with Gasteiger partial charge < -0.3 is 0 Å². The highest BCUT2D eigenvalue weighted by molar-refractivity contribution is 6.30. The molecule has 0 aliphatic heterocycles. The zero-order valence-corrected chi connectivity index (χ0v) is 22.6. The van der Waals surface area contributed by atoms with Crippen molar-refractivity contribution in [3.05, 3.63) is 105 Å². The van der Waals surface area contributed by atoms with Crippen molar-refractivity contribution in [3.8, 4) is 0 Å². The van der Waals surface area contributed by atoms with Crippen LogP contribution in [0.2, 0.25) is 5.02 Å². The Hall–Kier alpha value is -2.26. The highest BCUT2D eigenvalue weighted by Gasteiger charge is 2.21. The van der Waals surface area contributed by atoms with Crippen molar-refractivity contribution in [2.45, 2.75) is 84.0 Å². The lowest BCUT2D eigenvalue weighted by molar-refractivity contribution is 0.253. The minimum absolute atomic E-state index is 0.237. The Kier molecular flexibility index (Phi) is 10.1. The standard InChI is InChI=1S/C33H38ClF3/c1-2-3-23-4-6-24(7-5-23)8-9-25-10-12-26(13-11-25)14-15-27-16-18-29(30(35)20-27)19-17-28-21-31(36)33(34)32(37)22-28/h4-7,16,18,20-22,25-26H,2-3,8-15,17,19H2,1H3. The molecule has 0 saturated heterocycles. The predicted octanol–water partition coefficient (Wildman–Crippen LogP) is 9.87. The van der Waals surface area contributed by atoms with Crippen LogP contribution in [0.3, 0.4) is 0 Å². The molecule has 0 heterocycles.